The van der Waals surface area contributed by atoms with Gasteiger partial charge in [-0.05, 0) is 6.07 Å². The molecule has 1 aromatic rings. The minimum Gasteiger partial charge on any atom is -0.407 e. The second-order valence-electron chi connectivity index (χ2n) is 2.09. The van der Waals surface area contributed by atoms with Gasteiger partial charge in [0.1, 0.15) is 5.02 Å². The summed E-state index contributed by atoms with van der Waals surface area (Å²) in [5.74, 6) is -0.0322. The lowest BCUT2D eigenvalue weighted by molar-refractivity contribution is -0.137. The minimum atomic E-state index is -4.43. The number of halogens is 5. The summed E-state index contributed by atoms with van der Waals surface area (Å²) in [6.45, 7) is 0. The van der Waals surface area contributed by atoms with Gasteiger partial charge in [0.15, 0.2) is 23.0 Å². The van der Waals surface area contributed by atoms with Crippen molar-refractivity contribution < 1.29 is 16.2 Å². The van der Waals surface area contributed by atoms with E-state index >= 15 is 0 Å². The number of rotatable bonds is 1. The van der Waals surface area contributed by atoms with E-state index in [-0.39, 0.29) is 10.9 Å². The lowest BCUT2D eigenvalue weighted by Gasteiger charge is -2.06. The monoisotopic (exact) mass is 323 g/mol. The molecule has 0 spiro atoms. The van der Waals surface area contributed by atoms with Crippen LogP contribution in [0.5, 0.6) is 5.88 Å². The van der Waals surface area contributed by atoms with Crippen molar-refractivity contribution in [2.75, 3.05) is 0 Å². The molecule has 7 heteroatoms. The van der Waals surface area contributed by atoms with Gasteiger partial charge < -0.3 is 3.07 Å². The highest BCUT2D eigenvalue weighted by Crippen LogP contribution is 2.33. The molecule has 1 aromatic heterocycles. The number of nitrogens with zero attached hydrogens (tertiary/aromatic N) is 1. The van der Waals surface area contributed by atoms with Gasteiger partial charge in [0.25, 0.3) is 0 Å². The summed E-state index contributed by atoms with van der Waals surface area (Å²) in [4.78, 5) is 3.38. The SMILES string of the molecule is FC(F)(F)c1cnc(OI)c(Cl)c1. The van der Waals surface area contributed by atoms with Crippen molar-refractivity contribution >= 4 is 34.6 Å². The standard InChI is InChI=1S/C6H2ClF3INO/c7-4-1-3(6(8,9)10)2-12-5(4)13-11/h1-2H. The number of alkyl halides is 3. The molecule has 0 atom stereocenters. The maximum Gasteiger partial charge on any atom is 0.417 e. The van der Waals surface area contributed by atoms with Crippen LogP contribution in [0, 0.1) is 0 Å². The fourth-order valence-corrected chi connectivity index (χ4v) is 1.32. The fraction of sp³-hybridized carbons (Fsp3) is 0.167. The Kier molecular flexibility index (Phi) is 3.23. The van der Waals surface area contributed by atoms with Gasteiger partial charge in [0.2, 0.25) is 5.88 Å². The number of pyridine rings is 1. The maximum absolute atomic E-state index is 12.1. The zero-order chi connectivity index (χ0) is 10.1. The highest BCUT2D eigenvalue weighted by Gasteiger charge is 2.31. The van der Waals surface area contributed by atoms with Crippen LogP contribution in [0.1, 0.15) is 5.56 Å². The van der Waals surface area contributed by atoms with Crippen molar-refractivity contribution in [3.05, 3.63) is 22.8 Å². The van der Waals surface area contributed by atoms with Crippen LogP contribution >= 0.6 is 34.6 Å². The van der Waals surface area contributed by atoms with Crippen molar-refractivity contribution in [2.24, 2.45) is 0 Å². The Bertz CT molecular complexity index is 317. The van der Waals surface area contributed by atoms with Crippen LogP contribution < -0.4 is 3.07 Å². The third-order valence-electron chi connectivity index (χ3n) is 1.21. The molecule has 2 nitrogen and oxygen atoms in total. The van der Waals surface area contributed by atoms with E-state index in [4.69, 9.17) is 11.6 Å². The number of hydrogen-bond donors (Lipinski definition) is 0. The summed E-state index contributed by atoms with van der Waals surface area (Å²) < 4.78 is 40.8. The molecule has 0 saturated heterocycles. The van der Waals surface area contributed by atoms with Gasteiger partial charge in [-0.15, -0.1) is 0 Å². The largest absolute Gasteiger partial charge is 0.417 e. The maximum atomic E-state index is 12.1. The predicted octanol–water partition coefficient (Wildman–Crippen LogP) is 3.48. The first-order chi connectivity index (χ1) is 5.95. The summed E-state index contributed by atoms with van der Waals surface area (Å²) in [7, 11) is 0. The van der Waals surface area contributed by atoms with E-state index in [1.807, 2.05) is 0 Å². The van der Waals surface area contributed by atoms with Crippen LogP contribution in [0.4, 0.5) is 13.2 Å². The van der Waals surface area contributed by atoms with Crippen LogP contribution in [0.3, 0.4) is 0 Å². The van der Waals surface area contributed by atoms with Crippen LogP contribution in [-0.2, 0) is 6.18 Å². The van der Waals surface area contributed by atoms with E-state index in [9.17, 15) is 13.2 Å². The van der Waals surface area contributed by atoms with Crippen molar-refractivity contribution in [3.63, 3.8) is 0 Å². The van der Waals surface area contributed by atoms with E-state index < -0.39 is 11.7 Å². The highest BCUT2D eigenvalue weighted by atomic mass is 127. The molecule has 0 aliphatic carbocycles. The Hall–Kier alpha value is -0.240. The Labute approximate surface area is 90.7 Å². The second-order valence-corrected chi connectivity index (χ2v) is 2.93. The molecule has 0 unspecified atom stereocenters. The zero-order valence-electron chi connectivity index (χ0n) is 5.90. The first-order valence-corrected chi connectivity index (χ1v) is 4.22. The number of aromatic nitrogens is 1. The van der Waals surface area contributed by atoms with Crippen molar-refractivity contribution in [1.29, 1.82) is 0 Å². The first-order valence-electron chi connectivity index (χ1n) is 2.96. The van der Waals surface area contributed by atoms with Crippen LogP contribution in [0.15, 0.2) is 12.3 Å². The van der Waals surface area contributed by atoms with E-state index in [1.165, 1.54) is 23.0 Å². The van der Waals surface area contributed by atoms with Crippen LogP contribution in [0.25, 0.3) is 0 Å². The van der Waals surface area contributed by atoms with Gasteiger partial charge in [0, 0.05) is 6.20 Å². The molecular formula is C6H2ClF3INO. The molecule has 0 N–H and O–H groups in total. The molecule has 72 valence electrons. The Morgan fingerprint density at radius 1 is 1.46 bits per heavy atom. The molecule has 0 fully saturated rings. The molecule has 0 radical (unpaired) electrons. The molecule has 13 heavy (non-hydrogen) atoms. The average molecular weight is 323 g/mol. The van der Waals surface area contributed by atoms with E-state index in [2.05, 4.69) is 8.05 Å². The first kappa shape index (κ1) is 10.8. The molecular weight excluding hydrogens is 321 g/mol. The summed E-state index contributed by atoms with van der Waals surface area (Å²) in [5, 5.41) is -0.163. The average Bonchev–Trinajstić information content (AvgIpc) is 2.02. The quantitative estimate of drug-likeness (QED) is 0.738. The van der Waals surface area contributed by atoms with Gasteiger partial charge in [-0.25, -0.2) is 4.98 Å². The summed E-state index contributed by atoms with van der Waals surface area (Å²) in [6.07, 6.45) is -3.76. The van der Waals surface area contributed by atoms with Gasteiger partial charge in [-0.3, -0.25) is 0 Å². The van der Waals surface area contributed by atoms with Gasteiger partial charge in [0.05, 0.1) is 5.56 Å². The van der Waals surface area contributed by atoms with E-state index in [0.29, 0.717) is 6.20 Å². The van der Waals surface area contributed by atoms with E-state index in [0.717, 1.165) is 6.07 Å². The van der Waals surface area contributed by atoms with Crippen LogP contribution in [0.2, 0.25) is 5.02 Å². The van der Waals surface area contributed by atoms with Crippen molar-refractivity contribution in [2.45, 2.75) is 6.18 Å². The molecule has 0 aromatic carbocycles. The molecule has 0 aliphatic heterocycles. The summed E-state index contributed by atoms with van der Waals surface area (Å²) in [6, 6.07) is 0.766. The van der Waals surface area contributed by atoms with Crippen molar-refractivity contribution in [3.8, 4) is 5.88 Å². The topological polar surface area (TPSA) is 22.1 Å². The molecule has 0 bridgehead atoms. The van der Waals surface area contributed by atoms with Crippen molar-refractivity contribution in [1.82, 2.24) is 4.98 Å². The second kappa shape index (κ2) is 3.87. The van der Waals surface area contributed by atoms with Gasteiger partial charge in [-0.2, -0.15) is 13.2 Å². The summed E-state index contributed by atoms with van der Waals surface area (Å²) >= 11 is 6.93. The zero-order valence-corrected chi connectivity index (χ0v) is 8.81. The number of hydrogen-bond acceptors (Lipinski definition) is 2. The highest BCUT2D eigenvalue weighted by molar-refractivity contribution is 14.1. The Morgan fingerprint density at radius 3 is 2.46 bits per heavy atom. The Morgan fingerprint density at radius 2 is 2.08 bits per heavy atom. The molecule has 1 heterocycles. The van der Waals surface area contributed by atoms with Gasteiger partial charge >= 0.3 is 6.18 Å². The fourth-order valence-electron chi connectivity index (χ4n) is 0.637. The molecule has 0 aliphatic rings. The minimum absolute atomic E-state index is 0.0322. The van der Waals surface area contributed by atoms with Crippen LogP contribution in [-0.4, -0.2) is 4.98 Å². The van der Waals surface area contributed by atoms with E-state index in [1.54, 1.807) is 0 Å². The predicted molar refractivity (Wildman–Crippen MR) is 48.9 cm³/mol. The molecule has 0 amide bonds. The smallest absolute Gasteiger partial charge is 0.407 e. The summed E-state index contributed by atoms with van der Waals surface area (Å²) in [5.41, 5.74) is -0.894. The lowest BCUT2D eigenvalue weighted by Crippen LogP contribution is -2.05. The Balaban J connectivity index is 3.10. The normalized spacial score (nSPS) is 11.5. The molecule has 0 saturated carbocycles. The van der Waals surface area contributed by atoms with Gasteiger partial charge in [-0.1, -0.05) is 11.6 Å². The lowest BCUT2D eigenvalue weighted by atomic mass is 10.3. The third kappa shape index (κ3) is 2.60. The molecule has 1 rings (SSSR count). The third-order valence-corrected chi connectivity index (χ3v) is 1.90.